The number of aromatic nitrogens is 12. The summed E-state index contributed by atoms with van der Waals surface area (Å²) in [6, 6.07) is 28.1. The van der Waals surface area contributed by atoms with Crippen LogP contribution < -0.4 is 29.9 Å². The number of aryl methyl sites for hydroxylation is 4. The number of nitrogens with zero attached hydrogens (tertiary/aromatic N) is 16. The summed E-state index contributed by atoms with van der Waals surface area (Å²) >= 11 is 0. The Morgan fingerprint density at radius 3 is 1.76 bits per heavy atom. The number of amides is 2. The summed E-state index contributed by atoms with van der Waals surface area (Å²) in [6.07, 6.45) is 6.70. The molecule has 0 radical (unpaired) electrons. The van der Waals surface area contributed by atoms with Gasteiger partial charge in [0.15, 0.2) is 11.6 Å². The molecule has 4 aliphatic rings. The number of hydrogen-bond acceptors (Lipinski definition) is 18. The van der Waals surface area contributed by atoms with Crippen molar-refractivity contribution >= 4 is 90.6 Å². The Morgan fingerprint density at radius 2 is 1.18 bits per heavy atom. The largest absolute Gasteiger partial charge is 0.457 e. The maximum atomic E-state index is 15.3. The normalized spacial score (nSPS) is 15.8. The van der Waals surface area contributed by atoms with E-state index >= 15 is 4.39 Å². The third kappa shape index (κ3) is 9.90. The molecule has 2 unspecified atom stereocenters. The minimum Gasteiger partial charge on any atom is -0.457 e. The fraction of sp³-hybridized carbons (Fsp3) is 0.228. The highest BCUT2D eigenvalue weighted by atomic mass is 19.1. The van der Waals surface area contributed by atoms with Crippen LogP contribution in [0.25, 0.3) is 44.1 Å². The summed E-state index contributed by atoms with van der Waals surface area (Å²) in [7, 11) is 3.67. The van der Waals surface area contributed by atoms with Gasteiger partial charge in [0.1, 0.15) is 75.2 Å². The van der Waals surface area contributed by atoms with Crippen LogP contribution in [-0.2, 0) is 23.7 Å². The Hall–Kier alpha value is -10.2. The number of pyridine rings is 2. The monoisotopic (exact) mass is 1070 g/mol. The van der Waals surface area contributed by atoms with Gasteiger partial charge < -0.3 is 39.7 Å². The highest BCUT2D eigenvalue weighted by Gasteiger charge is 2.46. The number of halogens is 1. The fourth-order valence-electron chi connectivity index (χ4n) is 10.3. The van der Waals surface area contributed by atoms with Crippen LogP contribution in [0.3, 0.4) is 0 Å². The summed E-state index contributed by atoms with van der Waals surface area (Å²) in [5.41, 5.74) is 8.64. The summed E-state index contributed by atoms with van der Waals surface area (Å²) < 4.78 is 30.8. The van der Waals surface area contributed by atoms with Crippen LogP contribution in [0, 0.1) is 19.7 Å². The van der Waals surface area contributed by atoms with Crippen LogP contribution in [0.2, 0.25) is 0 Å². The molecule has 4 aromatic carbocycles. The van der Waals surface area contributed by atoms with E-state index < -0.39 is 5.82 Å². The highest BCUT2D eigenvalue weighted by molar-refractivity contribution is 5.91. The molecular formula is C57H53FN18O4. The van der Waals surface area contributed by atoms with Gasteiger partial charge in [0.25, 0.3) is 0 Å². The number of carbonyl (C=O) groups excluding carboxylic acids is 2. The number of nitrogens with one attached hydrogen (secondary N) is 2. The van der Waals surface area contributed by atoms with E-state index in [1.54, 1.807) is 32.5 Å². The van der Waals surface area contributed by atoms with E-state index in [2.05, 4.69) is 74.2 Å². The van der Waals surface area contributed by atoms with Crippen molar-refractivity contribution in [3.63, 3.8) is 0 Å². The lowest BCUT2D eigenvalue weighted by atomic mass is 9.87. The molecule has 10 heterocycles. The molecule has 402 valence electrons. The lowest BCUT2D eigenvalue weighted by Gasteiger charge is -2.56. The van der Waals surface area contributed by atoms with Crippen molar-refractivity contribution in [1.29, 1.82) is 0 Å². The van der Waals surface area contributed by atoms with Crippen LogP contribution in [0.5, 0.6) is 23.0 Å². The van der Waals surface area contributed by atoms with E-state index in [-0.39, 0.29) is 29.6 Å². The van der Waals surface area contributed by atoms with Crippen molar-refractivity contribution < 1.29 is 23.5 Å². The number of piperazine rings is 2. The van der Waals surface area contributed by atoms with Crippen LogP contribution in [0.15, 0.2) is 129 Å². The standard InChI is InChI=1S/C29H27N9O2.C28H26FN9O2/c1-4-27(39)38-19-12-20(38)15-37(14-19)26-10-7-22-28(33-26)29(31-16-30-22)32-18-5-9-25(17(2)11-18)40-21-6-8-24-23(13-21)34-35-36(24)3;1-4-26(39)38-11-9-37(10-12-38)25-8-6-20-27(33-25)28(31-16-30-20)32-21-13-17(2)24(15-19(21)29)40-18-5-7-23-22(14-18)34-35-36(23)3/h4-11,13,16,19-20H,1,12,14-15H2,2-3H3,(H,30,31,32);4-8,13-16H,1,9-12H2,2-3H3,(H,30,31,32). The number of hydrogen-bond donors (Lipinski definition) is 2. The van der Waals surface area contributed by atoms with E-state index in [1.165, 1.54) is 30.9 Å². The van der Waals surface area contributed by atoms with Gasteiger partial charge in [-0.05, 0) is 116 Å². The number of fused-ring (bicyclic) bond motifs is 6. The molecule has 2 atom stereocenters. The van der Waals surface area contributed by atoms with E-state index in [0.29, 0.717) is 77.1 Å². The quantitative estimate of drug-likeness (QED) is 0.110. The molecule has 6 aromatic heterocycles. The molecule has 23 heteroatoms. The number of rotatable bonds is 12. The van der Waals surface area contributed by atoms with Crippen molar-refractivity contribution in [2.24, 2.45) is 14.1 Å². The van der Waals surface area contributed by atoms with Gasteiger partial charge in [-0.25, -0.2) is 43.7 Å². The predicted molar refractivity (Wildman–Crippen MR) is 301 cm³/mol. The molecule has 0 aliphatic carbocycles. The SMILES string of the molecule is C=CC(=O)N1C2CC1CN(c1ccc3ncnc(Nc4ccc(Oc5ccc6c(c5)nnn6C)c(C)c4)c3n1)C2.C=CC(=O)N1CCN(c2ccc3ncnc(Nc4cc(C)c(Oc5ccc6c(c5)nnn6C)cc4F)c3n2)CC1. The molecule has 14 rings (SSSR count). The Kier molecular flexibility index (Phi) is 13.3. The van der Waals surface area contributed by atoms with Gasteiger partial charge in [0, 0.05) is 77.3 Å². The summed E-state index contributed by atoms with van der Waals surface area (Å²) in [6.45, 7) is 14.9. The van der Waals surface area contributed by atoms with E-state index in [4.69, 9.17) is 19.4 Å². The topological polar surface area (TPSA) is 228 Å². The second-order valence-corrected chi connectivity index (χ2v) is 19.7. The van der Waals surface area contributed by atoms with Crippen molar-refractivity contribution in [2.75, 3.05) is 59.7 Å². The average molecular weight is 1070 g/mol. The summed E-state index contributed by atoms with van der Waals surface area (Å²) in [5, 5.41) is 22.8. The van der Waals surface area contributed by atoms with Gasteiger partial charge in [-0.2, -0.15) is 0 Å². The first kappa shape index (κ1) is 50.6. The molecule has 80 heavy (non-hydrogen) atoms. The molecule has 4 fully saturated rings. The van der Waals surface area contributed by atoms with Gasteiger partial charge in [0.05, 0.1) is 39.8 Å². The lowest BCUT2D eigenvalue weighted by molar-refractivity contribution is -0.140. The van der Waals surface area contributed by atoms with Crippen molar-refractivity contribution in [1.82, 2.24) is 69.7 Å². The highest BCUT2D eigenvalue weighted by Crippen LogP contribution is 2.37. The third-order valence-corrected chi connectivity index (χ3v) is 14.5. The van der Waals surface area contributed by atoms with E-state index in [1.807, 2.05) is 99.6 Å². The Labute approximate surface area is 457 Å². The summed E-state index contributed by atoms with van der Waals surface area (Å²) in [4.78, 5) is 59.4. The number of ether oxygens (including phenoxy) is 2. The molecule has 10 aromatic rings. The molecule has 0 saturated carbocycles. The molecule has 22 nitrogen and oxygen atoms in total. The molecule has 2 amide bonds. The van der Waals surface area contributed by atoms with Crippen molar-refractivity contribution in [3.05, 3.63) is 146 Å². The maximum absolute atomic E-state index is 15.3. The number of benzene rings is 4. The van der Waals surface area contributed by atoms with Crippen molar-refractivity contribution in [2.45, 2.75) is 32.4 Å². The summed E-state index contributed by atoms with van der Waals surface area (Å²) in [5.74, 6) is 4.37. The van der Waals surface area contributed by atoms with Gasteiger partial charge in [-0.3, -0.25) is 9.59 Å². The minimum atomic E-state index is -0.507. The number of anilines is 6. The first-order chi connectivity index (χ1) is 38.9. The second-order valence-electron chi connectivity index (χ2n) is 19.7. The first-order valence-corrected chi connectivity index (χ1v) is 25.8. The van der Waals surface area contributed by atoms with Crippen LogP contribution in [0.1, 0.15) is 17.5 Å². The van der Waals surface area contributed by atoms with Crippen LogP contribution in [-0.4, -0.2) is 133 Å². The molecule has 4 aliphatic heterocycles. The average Bonchev–Trinajstić information content (AvgIpc) is 4.05. The zero-order valence-electron chi connectivity index (χ0n) is 44.2. The Bertz CT molecular complexity index is 4070. The third-order valence-electron chi connectivity index (χ3n) is 14.5. The van der Waals surface area contributed by atoms with Crippen LogP contribution >= 0.6 is 0 Å². The van der Waals surface area contributed by atoms with Gasteiger partial charge >= 0.3 is 0 Å². The zero-order chi connectivity index (χ0) is 55.2. The minimum absolute atomic E-state index is 0.00513. The molecule has 2 bridgehead atoms. The van der Waals surface area contributed by atoms with Crippen molar-refractivity contribution in [3.8, 4) is 23.0 Å². The molecular weight excluding hydrogens is 1020 g/mol. The number of carbonyl (C=O) groups is 2. The second kappa shape index (κ2) is 21.0. The van der Waals surface area contributed by atoms with Gasteiger partial charge in [-0.1, -0.05) is 23.6 Å². The van der Waals surface area contributed by atoms with Gasteiger partial charge in [0.2, 0.25) is 11.8 Å². The molecule has 4 saturated heterocycles. The molecule has 0 spiro atoms. The number of piperidine rings is 1. The lowest BCUT2D eigenvalue weighted by Crippen LogP contribution is -2.70. The van der Waals surface area contributed by atoms with Gasteiger partial charge in [-0.15, -0.1) is 10.2 Å². The smallest absolute Gasteiger partial charge is 0.246 e. The zero-order valence-corrected chi connectivity index (χ0v) is 44.2. The Morgan fingerprint density at radius 1 is 0.613 bits per heavy atom. The first-order valence-electron chi connectivity index (χ1n) is 25.8. The predicted octanol–water partition coefficient (Wildman–Crippen LogP) is 8.25. The molecule has 2 N–H and O–H groups in total. The van der Waals surface area contributed by atoms with Crippen LogP contribution in [0.4, 0.5) is 39.0 Å². The Balaban J connectivity index is 0.000000159. The fourth-order valence-corrected chi connectivity index (χ4v) is 10.3. The maximum Gasteiger partial charge on any atom is 0.246 e. The van der Waals surface area contributed by atoms with E-state index in [0.717, 1.165) is 75.8 Å². The van der Waals surface area contributed by atoms with E-state index in [9.17, 15) is 9.59 Å².